The fourth-order valence-corrected chi connectivity index (χ4v) is 2.84. The fourth-order valence-electron chi connectivity index (χ4n) is 2.84. The molecule has 1 heterocycles. The molecule has 0 saturated carbocycles. The average Bonchev–Trinajstić information content (AvgIpc) is 2.86. The van der Waals surface area contributed by atoms with Gasteiger partial charge in [-0.15, -0.1) is 0 Å². The summed E-state index contributed by atoms with van der Waals surface area (Å²) in [4.78, 5) is 16.8. The Labute approximate surface area is 121 Å². The van der Waals surface area contributed by atoms with Crippen molar-refractivity contribution < 1.29 is 4.79 Å². The molecule has 1 aliphatic rings. The van der Waals surface area contributed by atoms with Crippen LogP contribution in [0, 0.1) is 5.92 Å². The van der Waals surface area contributed by atoms with Gasteiger partial charge >= 0.3 is 0 Å². The summed E-state index contributed by atoms with van der Waals surface area (Å²) in [5.74, 6) is 0.132. The van der Waals surface area contributed by atoms with Crippen LogP contribution >= 0.6 is 0 Å². The van der Waals surface area contributed by atoms with E-state index >= 15 is 0 Å². The molecule has 2 aromatic rings. The molecule has 2 aromatic carbocycles. The van der Waals surface area contributed by atoms with Gasteiger partial charge in [0.1, 0.15) is 0 Å². The zero-order valence-corrected chi connectivity index (χ0v) is 11.4. The normalized spacial score (nSPS) is 18.0. The first-order chi connectivity index (χ1) is 10.2. The quantitative estimate of drug-likeness (QED) is 0.405. The Hall–Kier alpha value is -2.72. The number of rotatable bonds is 3. The van der Waals surface area contributed by atoms with Crippen LogP contribution in [0.4, 0.5) is 11.4 Å². The number of nitrogen functional groups attached to an aromatic ring is 1. The molecule has 6 heteroatoms. The number of hydrogen-bond acceptors (Lipinski definition) is 3. The lowest BCUT2D eigenvalue weighted by Crippen LogP contribution is -2.25. The second-order valence-electron chi connectivity index (χ2n) is 5.21. The molecule has 1 unspecified atom stereocenters. The van der Waals surface area contributed by atoms with Crippen LogP contribution in [0.1, 0.15) is 6.42 Å². The van der Waals surface area contributed by atoms with Crippen molar-refractivity contribution >= 4 is 28.1 Å². The number of nitrogens with zero attached hydrogens (tertiary/aromatic N) is 4. The van der Waals surface area contributed by atoms with Crippen molar-refractivity contribution in [2.24, 2.45) is 11.0 Å². The molecular formula is C15H15N5O. The number of fused-ring (bicyclic) bond motifs is 1. The third-order valence-corrected chi connectivity index (χ3v) is 3.83. The van der Waals surface area contributed by atoms with Gasteiger partial charge in [-0.2, -0.15) is 0 Å². The Balaban J connectivity index is 1.99. The summed E-state index contributed by atoms with van der Waals surface area (Å²) in [5.41, 5.74) is 16.0. The standard InChI is InChI=1S/C15H15N5O/c16-13-5-1-4-12-11(13)3-2-6-14(12)20-9-10(7-15(20)21)8-18-19-17/h1-6,10H,7-9,16H2. The molecule has 3 rings (SSSR count). The van der Waals surface area contributed by atoms with E-state index < -0.39 is 0 Å². The van der Waals surface area contributed by atoms with Crippen LogP contribution < -0.4 is 10.6 Å². The molecule has 1 aliphatic heterocycles. The molecule has 6 nitrogen and oxygen atoms in total. The van der Waals surface area contributed by atoms with E-state index in [2.05, 4.69) is 10.0 Å². The predicted octanol–water partition coefficient (Wildman–Crippen LogP) is 3.09. The monoisotopic (exact) mass is 281 g/mol. The summed E-state index contributed by atoms with van der Waals surface area (Å²) < 4.78 is 0. The van der Waals surface area contributed by atoms with Crippen LogP contribution in [0.2, 0.25) is 0 Å². The molecule has 0 aliphatic carbocycles. The van der Waals surface area contributed by atoms with Gasteiger partial charge in [-0.1, -0.05) is 29.4 Å². The minimum absolute atomic E-state index is 0.0584. The van der Waals surface area contributed by atoms with Crippen LogP contribution in [0.15, 0.2) is 41.5 Å². The van der Waals surface area contributed by atoms with Crippen molar-refractivity contribution in [1.29, 1.82) is 0 Å². The first kappa shape index (κ1) is 13.3. The summed E-state index contributed by atoms with van der Waals surface area (Å²) in [6, 6.07) is 11.5. The van der Waals surface area contributed by atoms with E-state index in [-0.39, 0.29) is 11.8 Å². The molecule has 1 atom stereocenters. The maximum Gasteiger partial charge on any atom is 0.227 e. The van der Waals surface area contributed by atoms with Gasteiger partial charge in [0.25, 0.3) is 0 Å². The predicted molar refractivity (Wildman–Crippen MR) is 82.8 cm³/mol. The molecule has 1 fully saturated rings. The van der Waals surface area contributed by atoms with Gasteiger partial charge < -0.3 is 10.6 Å². The Bertz CT molecular complexity index is 751. The van der Waals surface area contributed by atoms with Gasteiger partial charge in [-0.05, 0) is 23.6 Å². The molecule has 2 N–H and O–H groups in total. The minimum atomic E-state index is 0.0584. The summed E-state index contributed by atoms with van der Waals surface area (Å²) in [6.45, 7) is 0.928. The summed E-state index contributed by atoms with van der Waals surface area (Å²) >= 11 is 0. The highest BCUT2D eigenvalue weighted by molar-refractivity contribution is 6.07. The lowest BCUT2D eigenvalue weighted by molar-refractivity contribution is -0.117. The number of hydrogen-bond donors (Lipinski definition) is 1. The summed E-state index contributed by atoms with van der Waals surface area (Å²) in [5, 5.41) is 5.49. The lowest BCUT2D eigenvalue weighted by Gasteiger charge is -2.19. The van der Waals surface area contributed by atoms with Gasteiger partial charge in [-0.3, -0.25) is 4.79 Å². The average molecular weight is 281 g/mol. The third-order valence-electron chi connectivity index (χ3n) is 3.83. The molecule has 1 amide bonds. The van der Waals surface area contributed by atoms with E-state index in [1.807, 2.05) is 36.4 Å². The van der Waals surface area contributed by atoms with Gasteiger partial charge in [0.2, 0.25) is 5.91 Å². The second kappa shape index (κ2) is 5.34. The highest BCUT2D eigenvalue weighted by Gasteiger charge is 2.30. The molecule has 0 radical (unpaired) electrons. The number of azide groups is 1. The molecule has 0 bridgehead atoms. The first-order valence-electron chi connectivity index (χ1n) is 6.79. The Morgan fingerprint density at radius 3 is 2.86 bits per heavy atom. The lowest BCUT2D eigenvalue weighted by atomic mass is 10.1. The zero-order valence-electron chi connectivity index (χ0n) is 11.4. The maximum atomic E-state index is 12.2. The van der Waals surface area contributed by atoms with E-state index in [0.29, 0.717) is 25.2 Å². The highest BCUT2D eigenvalue weighted by atomic mass is 16.2. The van der Waals surface area contributed by atoms with Crippen LogP contribution in [0.25, 0.3) is 21.2 Å². The van der Waals surface area contributed by atoms with Crippen LogP contribution in [-0.4, -0.2) is 19.0 Å². The Kier molecular flexibility index (Phi) is 3.38. The van der Waals surface area contributed by atoms with Gasteiger partial charge in [0, 0.05) is 40.9 Å². The molecule has 1 saturated heterocycles. The molecule has 0 aromatic heterocycles. The largest absolute Gasteiger partial charge is 0.398 e. The van der Waals surface area contributed by atoms with Crippen molar-refractivity contribution in [3.8, 4) is 0 Å². The minimum Gasteiger partial charge on any atom is -0.398 e. The number of benzene rings is 2. The number of amides is 1. The fraction of sp³-hybridized carbons (Fsp3) is 0.267. The molecule has 21 heavy (non-hydrogen) atoms. The summed E-state index contributed by atoms with van der Waals surface area (Å²) in [7, 11) is 0. The van der Waals surface area contributed by atoms with E-state index in [0.717, 1.165) is 16.5 Å². The van der Waals surface area contributed by atoms with Crippen molar-refractivity contribution in [1.82, 2.24) is 0 Å². The van der Waals surface area contributed by atoms with E-state index in [4.69, 9.17) is 11.3 Å². The number of nitrogens with two attached hydrogens (primary N) is 1. The van der Waals surface area contributed by atoms with Crippen molar-refractivity contribution in [2.75, 3.05) is 23.7 Å². The van der Waals surface area contributed by atoms with E-state index in [1.165, 1.54) is 0 Å². The number of carbonyl (C=O) groups excluding carboxylic acids is 1. The highest BCUT2D eigenvalue weighted by Crippen LogP contribution is 2.33. The zero-order chi connectivity index (χ0) is 14.8. The number of anilines is 2. The first-order valence-corrected chi connectivity index (χ1v) is 6.79. The van der Waals surface area contributed by atoms with Gasteiger partial charge in [0.15, 0.2) is 0 Å². The van der Waals surface area contributed by atoms with Crippen LogP contribution in [-0.2, 0) is 4.79 Å². The third kappa shape index (κ3) is 2.37. The SMILES string of the molecule is [N-]=[N+]=NCC1CC(=O)N(c2cccc3c(N)cccc23)C1. The maximum absolute atomic E-state index is 12.2. The van der Waals surface area contributed by atoms with Crippen LogP contribution in [0.3, 0.4) is 0 Å². The Morgan fingerprint density at radius 2 is 2.05 bits per heavy atom. The van der Waals surface area contributed by atoms with E-state index in [1.54, 1.807) is 4.90 Å². The Morgan fingerprint density at radius 1 is 1.29 bits per heavy atom. The molecular weight excluding hydrogens is 266 g/mol. The number of carbonyl (C=O) groups is 1. The van der Waals surface area contributed by atoms with E-state index in [9.17, 15) is 4.79 Å². The summed E-state index contributed by atoms with van der Waals surface area (Å²) in [6.07, 6.45) is 0.414. The molecule has 0 spiro atoms. The van der Waals surface area contributed by atoms with Gasteiger partial charge in [0.05, 0.1) is 5.69 Å². The second-order valence-corrected chi connectivity index (χ2v) is 5.21. The van der Waals surface area contributed by atoms with Crippen molar-refractivity contribution in [3.05, 3.63) is 46.8 Å². The molecule has 106 valence electrons. The van der Waals surface area contributed by atoms with Crippen molar-refractivity contribution in [3.63, 3.8) is 0 Å². The smallest absolute Gasteiger partial charge is 0.227 e. The van der Waals surface area contributed by atoms with Gasteiger partial charge in [-0.25, -0.2) is 0 Å². The topological polar surface area (TPSA) is 95.1 Å². The van der Waals surface area contributed by atoms with Crippen LogP contribution in [0.5, 0.6) is 0 Å². The van der Waals surface area contributed by atoms with Crippen molar-refractivity contribution in [2.45, 2.75) is 6.42 Å².